The zero-order valence-corrected chi connectivity index (χ0v) is 17.7. The average molecular weight is 469 g/mol. The van der Waals surface area contributed by atoms with Crippen LogP contribution in [0.25, 0.3) is 10.9 Å². The van der Waals surface area contributed by atoms with E-state index in [-0.39, 0.29) is 24.0 Å². The van der Waals surface area contributed by atoms with Gasteiger partial charge in [0.2, 0.25) is 0 Å². The molecule has 0 unspecified atom stereocenters. The van der Waals surface area contributed by atoms with E-state index in [9.17, 15) is 0 Å². The van der Waals surface area contributed by atoms with Crippen LogP contribution in [0.3, 0.4) is 0 Å². The number of nitrogens with one attached hydrogen (secondary N) is 2. The lowest BCUT2D eigenvalue weighted by atomic mass is 10.2. The second kappa shape index (κ2) is 9.76. The van der Waals surface area contributed by atoms with E-state index in [0.29, 0.717) is 0 Å². The Morgan fingerprint density at radius 2 is 2.08 bits per heavy atom. The van der Waals surface area contributed by atoms with Crippen molar-refractivity contribution in [2.24, 2.45) is 4.99 Å². The van der Waals surface area contributed by atoms with Gasteiger partial charge < -0.3 is 15.2 Å². The van der Waals surface area contributed by atoms with Crippen molar-refractivity contribution in [3.05, 3.63) is 52.6 Å². The summed E-state index contributed by atoms with van der Waals surface area (Å²) >= 11 is 1.67. The Bertz CT molecular complexity index is 824. The topological polar surface area (TPSA) is 54.2 Å². The maximum Gasteiger partial charge on any atom is 0.191 e. The van der Waals surface area contributed by atoms with Crippen molar-refractivity contribution in [3.63, 3.8) is 0 Å². The van der Waals surface area contributed by atoms with Gasteiger partial charge in [0, 0.05) is 36.7 Å². The number of fused-ring (bicyclic) bond motifs is 1. The van der Waals surface area contributed by atoms with Gasteiger partial charge in [-0.1, -0.05) is 18.2 Å². The summed E-state index contributed by atoms with van der Waals surface area (Å²) in [5, 5.41) is 8.00. The first-order valence-corrected chi connectivity index (χ1v) is 9.03. The van der Waals surface area contributed by atoms with Gasteiger partial charge in [-0.25, -0.2) is 4.98 Å². The maximum atomic E-state index is 4.27. The zero-order chi connectivity index (χ0) is 16.8. The van der Waals surface area contributed by atoms with Crippen LogP contribution in [-0.2, 0) is 13.1 Å². The third kappa shape index (κ3) is 5.18. The predicted molar refractivity (Wildman–Crippen MR) is 117 cm³/mol. The van der Waals surface area contributed by atoms with Crippen molar-refractivity contribution < 1.29 is 0 Å². The fourth-order valence-electron chi connectivity index (χ4n) is 2.67. The molecule has 0 aliphatic heterocycles. The Labute approximate surface area is 169 Å². The third-order valence-corrected chi connectivity index (χ3v) is 4.97. The third-order valence-electron chi connectivity index (χ3n) is 4.03. The van der Waals surface area contributed by atoms with E-state index in [1.165, 1.54) is 15.8 Å². The minimum atomic E-state index is 0. The molecule has 134 valence electrons. The molecule has 0 radical (unpaired) electrons. The van der Waals surface area contributed by atoms with Crippen molar-refractivity contribution in [2.75, 3.05) is 13.6 Å². The molecule has 2 N–H and O–H groups in total. The smallest absolute Gasteiger partial charge is 0.191 e. The number of aryl methyl sites for hydroxylation is 2. The summed E-state index contributed by atoms with van der Waals surface area (Å²) in [6.45, 7) is 4.67. The van der Waals surface area contributed by atoms with Crippen LogP contribution in [0.15, 0.2) is 47.0 Å². The molecule has 0 spiro atoms. The largest absolute Gasteiger partial charge is 0.356 e. The van der Waals surface area contributed by atoms with Gasteiger partial charge in [-0.3, -0.25) is 4.99 Å². The van der Waals surface area contributed by atoms with Crippen molar-refractivity contribution in [3.8, 4) is 0 Å². The number of aliphatic imine (C=N–C) groups is 1. The summed E-state index contributed by atoms with van der Waals surface area (Å²) in [5.41, 5.74) is 4.26. The monoisotopic (exact) mass is 469 g/mol. The molecule has 3 rings (SSSR count). The second-order valence-corrected chi connectivity index (χ2v) is 6.57. The number of halogens is 1. The molecule has 7 heteroatoms. The van der Waals surface area contributed by atoms with Gasteiger partial charge in [-0.15, -0.1) is 35.3 Å². The normalized spacial score (nSPS) is 11.4. The molecule has 0 aliphatic rings. The molecule has 0 saturated carbocycles. The fraction of sp³-hybridized carbons (Fsp3) is 0.333. The number of guanidine groups is 1. The van der Waals surface area contributed by atoms with Crippen LogP contribution in [-0.4, -0.2) is 29.1 Å². The molecule has 1 aromatic carbocycles. The first-order valence-electron chi connectivity index (χ1n) is 8.15. The standard InChI is InChI=1S/C18H23N5S.HI/c1-14-17(24-13-22-14)12-21-18(19-2)20-9-5-10-23-11-8-15-6-3-4-7-16(15)23;/h3-4,6-8,11,13H,5,9-10,12H2,1-2H3,(H2,19,20,21);1H. The highest BCUT2D eigenvalue weighted by atomic mass is 127. The first-order chi connectivity index (χ1) is 11.8. The molecule has 2 heterocycles. The number of para-hydroxylation sites is 1. The van der Waals surface area contributed by atoms with Gasteiger partial charge in [-0.2, -0.15) is 0 Å². The van der Waals surface area contributed by atoms with E-state index in [2.05, 4.69) is 61.7 Å². The number of rotatable bonds is 6. The van der Waals surface area contributed by atoms with Crippen LogP contribution in [0.4, 0.5) is 0 Å². The molecule has 0 saturated heterocycles. The lowest BCUT2D eigenvalue weighted by Crippen LogP contribution is -2.37. The van der Waals surface area contributed by atoms with Gasteiger partial charge in [0.25, 0.3) is 0 Å². The number of benzene rings is 1. The Morgan fingerprint density at radius 1 is 1.24 bits per heavy atom. The minimum Gasteiger partial charge on any atom is -0.356 e. The Balaban J connectivity index is 0.00000225. The Kier molecular flexibility index (Phi) is 7.70. The van der Waals surface area contributed by atoms with Crippen LogP contribution < -0.4 is 10.6 Å². The van der Waals surface area contributed by atoms with E-state index in [1.807, 2.05) is 12.4 Å². The van der Waals surface area contributed by atoms with Crippen molar-refractivity contribution in [2.45, 2.75) is 26.4 Å². The highest BCUT2D eigenvalue weighted by Gasteiger charge is 2.03. The zero-order valence-electron chi connectivity index (χ0n) is 14.5. The van der Waals surface area contributed by atoms with E-state index >= 15 is 0 Å². The Morgan fingerprint density at radius 3 is 2.84 bits per heavy atom. The molecule has 0 amide bonds. The van der Waals surface area contributed by atoms with Gasteiger partial charge in [-0.05, 0) is 30.9 Å². The number of hydrogen-bond acceptors (Lipinski definition) is 3. The van der Waals surface area contributed by atoms with Gasteiger partial charge in [0.05, 0.1) is 17.7 Å². The summed E-state index contributed by atoms with van der Waals surface area (Å²) in [5.74, 6) is 0.833. The second-order valence-electron chi connectivity index (χ2n) is 5.63. The quantitative estimate of drug-likeness (QED) is 0.250. The van der Waals surface area contributed by atoms with Crippen LogP contribution in [0, 0.1) is 6.92 Å². The number of aromatic nitrogens is 2. The van der Waals surface area contributed by atoms with Crippen molar-refractivity contribution in [1.82, 2.24) is 20.2 Å². The molecule has 0 bridgehead atoms. The van der Waals surface area contributed by atoms with Crippen molar-refractivity contribution >= 4 is 52.2 Å². The summed E-state index contributed by atoms with van der Waals surface area (Å²) in [6, 6.07) is 10.7. The maximum absolute atomic E-state index is 4.27. The molecular formula is C18H24IN5S. The highest BCUT2D eigenvalue weighted by molar-refractivity contribution is 14.0. The molecule has 0 aliphatic carbocycles. The van der Waals surface area contributed by atoms with E-state index in [0.717, 1.165) is 37.7 Å². The SMILES string of the molecule is CN=C(NCCCn1ccc2ccccc21)NCc1scnc1C.I. The summed E-state index contributed by atoms with van der Waals surface area (Å²) < 4.78 is 2.30. The van der Waals surface area contributed by atoms with Gasteiger partial charge in [0.15, 0.2) is 5.96 Å². The molecular weight excluding hydrogens is 445 g/mol. The fourth-order valence-corrected chi connectivity index (χ4v) is 3.39. The molecule has 0 atom stereocenters. The average Bonchev–Trinajstić information content (AvgIpc) is 3.21. The van der Waals surface area contributed by atoms with E-state index < -0.39 is 0 Å². The molecule has 5 nitrogen and oxygen atoms in total. The van der Waals surface area contributed by atoms with E-state index in [1.54, 1.807) is 18.4 Å². The number of hydrogen-bond donors (Lipinski definition) is 2. The van der Waals surface area contributed by atoms with Crippen LogP contribution in [0.5, 0.6) is 0 Å². The van der Waals surface area contributed by atoms with Crippen LogP contribution in [0.2, 0.25) is 0 Å². The predicted octanol–water partition coefficient (Wildman–Crippen LogP) is 3.78. The highest BCUT2D eigenvalue weighted by Crippen LogP contribution is 2.15. The van der Waals surface area contributed by atoms with Gasteiger partial charge in [0.1, 0.15) is 0 Å². The summed E-state index contributed by atoms with van der Waals surface area (Å²) in [7, 11) is 1.80. The van der Waals surface area contributed by atoms with Crippen LogP contribution in [0.1, 0.15) is 17.0 Å². The minimum absolute atomic E-state index is 0. The summed E-state index contributed by atoms with van der Waals surface area (Å²) in [6.07, 6.45) is 3.20. The number of nitrogens with zero attached hydrogens (tertiary/aromatic N) is 3. The lowest BCUT2D eigenvalue weighted by Gasteiger charge is -2.12. The van der Waals surface area contributed by atoms with Crippen molar-refractivity contribution in [1.29, 1.82) is 0 Å². The molecule has 0 fully saturated rings. The molecule has 25 heavy (non-hydrogen) atoms. The molecule has 2 aromatic heterocycles. The summed E-state index contributed by atoms with van der Waals surface area (Å²) in [4.78, 5) is 9.79. The first kappa shape index (κ1) is 19.7. The van der Waals surface area contributed by atoms with Gasteiger partial charge >= 0.3 is 0 Å². The molecule has 3 aromatic rings. The number of thiazole rings is 1. The van der Waals surface area contributed by atoms with Crippen LogP contribution >= 0.6 is 35.3 Å². The van der Waals surface area contributed by atoms with E-state index in [4.69, 9.17) is 0 Å². The lowest BCUT2D eigenvalue weighted by molar-refractivity contribution is 0.641. The Hall–Kier alpha value is -1.61.